The third-order valence-electron chi connectivity index (χ3n) is 9.52. The fourth-order valence-corrected chi connectivity index (χ4v) is 7.71. The van der Waals surface area contributed by atoms with Crippen LogP contribution in [0.1, 0.15) is 22.3 Å². The Morgan fingerprint density at radius 1 is 0.413 bits per heavy atom. The van der Waals surface area contributed by atoms with E-state index in [4.69, 9.17) is 11.6 Å². The molecule has 3 heteroatoms. The van der Waals surface area contributed by atoms with Gasteiger partial charge >= 0.3 is 0 Å². The van der Waals surface area contributed by atoms with Gasteiger partial charge in [0.25, 0.3) is 0 Å². The van der Waals surface area contributed by atoms with Gasteiger partial charge < -0.3 is 10.2 Å². The third kappa shape index (κ3) is 3.97. The van der Waals surface area contributed by atoms with Gasteiger partial charge in [-0.3, -0.25) is 0 Å². The zero-order valence-corrected chi connectivity index (χ0v) is 25.7. The SMILES string of the molecule is Clc1ccc2c(c1)[C@@]1(c3ccccc3N2)c2ccccc2N(c2ccc(-c3ccccc3)cc2)c2ccc(-c3ccccc3)cc21. The number of fused-ring (bicyclic) bond motifs is 8. The van der Waals surface area contributed by atoms with Crippen molar-refractivity contribution in [3.63, 3.8) is 0 Å². The maximum atomic E-state index is 6.84. The maximum Gasteiger partial charge on any atom is 0.0783 e. The molecule has 0 saturated carbocycles. The predicted octanol–water partition coefficient (Wildman–Crippen LogP) is 11.9. The highest BCUT2D eigenvalue weighted by Crippen LogP contribution is 2.62. The summed E-state index contributed by atoms with van der Waals surface area (Å²) < 4.78 is 0. The minimum absolute atomic E-state index is 0.612. The van der Waals surface area contributed by atoms with Crippen LogP contribution in [0, 0.1) is 0 Å². The van der Waals surface area contributed by atoms with Crippen LogP contribution in [0.25, 0.3) is 22.3 Å². The van der Waals surface area contributed by atoms with Gasteiger partial charge in [0.1, 0.15) is 0 Å². The summed E-state index contributed by atoms with van der Waals surface area (Å²) in [5.74, 6) is 0. The van der Waals surface area contributed by atoms with Crippen LogP contribution in [0.5, 0.6) is 0 Å². The Morgan fingerprint density at radius 2 is 0.978 bits per heavy atom. The first-order chi connectivity index (χ1) is 22.7. The normalized spacial score (nSPS) is 15.7. The fraction of sp³-hybridized carbons (Fsp3) is 0.0233. The smallest absolute Gasteiger partial charge is 0.0783 e. The summed E-state index contributed by atoms with van der Waals surface area (Å²) in [7, 11) is 0. The third-order valence-corrected chi connectivity index (χ3v) is 9.75. The molecule has 1 N–H and O–H groups in total. The second-order valence-electron chi connectivity index (χ2n) is 12.0. The van der Waals surface area contributed by atoms with Gasteiger partial charge in [-0.05, 0) is 99.1 Å². The molecule has 0 saturated heterocycles. The number of para-hydroxylation sites is 2. The minimum Gasteiger partial charge on any atom is -0.355 e. The second kappa shape index (κ2) is 10.5. The molecule has 2 heterocycles. The molecule has 0 radical (unpaired) electrons. The van der Waals surface area contributed by atoms with Crippen LogP contribution in [0.3, 0.4) is 0 Å². The van der Waals surface area contributed by atoms with Crippen molar-refractivity contribution in [2.24, 2.45) is 0 Å². The van der Waals surface area contributed by atoms with Crippen molar-refractivity contribution in [1.82, 2.24) is 0 Å². The summed E-state index contributed by atoms with van der Waals surface area (Å²) in [6.07, 6.45) is 0. The second-order valence-corrected chi connectivity index (χ2v) is 12.4. The van der Waals surface area contributed by atoms with Crippen LogP contribution in [-0.2, 0) is 5.41 Å². The van der Waals surface area contributed by atoms with Crippen molar-refractivity contribution >= 4 is 40.0 Å². The van der Waals surface area contributed by atoms with E-state index < -0.39 is 5.41 Å². The molecule has 1 atom stereocenters. The molecule has 0 bridgehead atoms. The molecule has 2 aliphatic rings. The number of nitrogens with one attached hydrogen (secondary N) is 1. The molecule has 0 aromatic heterocycles. The largest absolute Gasteiger partial charge is 0.355 e. The monoisotopic (exact) mass is 608 g/mol. The van der Waals surface area contributed by atoms with E-state index >= 15 is 0 Å². The predicted molar refractivity (Wildman–Crippen MR) is 192 cm³/mol. The first-order valence-electron chi connectivity index (χ1n) is 15.6. The number of hydrogen-bond donors (Lipinski definition) is 1. The van der Waals surface area contributed by atoms with Crippen molar-refractivity contribution in [2.75, 3.05) is 10.2 Å². The molecule has 0 aliphatic carbocycles. The highest BCUT2D eigenvalue weighted by molar-refractivity contribution is 6.30. The molecule has 0 unspecified atom stereocenters. The molecule has 2 aliphatic heterocycles. The van der Waals surface area contributed by atoms with Crippen molar-refractivity contribution in [1.29, 1.82) is 0 Å². The molecular weight excluding hydrogens is 580 g/mol. The lowest BCUT2D eigenvalue weighted by atomic mass is 9.60. The van der Waals surface area contributed by atoms with Crippen molar-refractivity contribution < 1.29 is 0 Å². The zero-order valence-electron chi connectivity index (χ0n) is 25.0. The van der Waals surface area contributed by atoms with Crippen LogP contribution >= 0.6 is 11.6 Å². The summed E-state index contributed by atoms with van der Waals surface area (Å²) in [4.78, 5) is 2.42. The Balaban J connectivity index is 1.37. The Morgan fingerprint density at radius 3 is 1.74 bits per heavy atom. The van der Waals surface area contributed by atoms with E-state index in [0.717, 1.165) is 39.0 Å². The van der Waals surface area contributed by atoms with Gasteiger partial charge in [-0.15, -0.1) is 0 Å². The Hall–Kier alpha value is -5.57. The van der Waals surface area contributed by atoms with Gasteiger partial charge in [-0.25, -0.2) is 0 Å². The first-order valence-corrected chi connectivity index (χ1v) is 16.0. The maximum absolute atomic E-state index is 6.84. The standard InChI is InChI=1S/C43H29ClN2/c44-33-22-25-40-37(28-33)43(35-15-7-9-17-39(35)45-40)36-16-8-10-18-41(36)46(34-23-19-31(20-24-34)29-11-3-1-4-12-29)42-26-21-32(27-38(42)43)30-13-5-2-6-14-30/h1-28,45H/t43-/m1/s1. The number of rotatable bonds is 3. The molecule has 46 heavy (non-hydrogen) atoms. The van der Waals surface area contributed by atoms with Gasteiger partial charge in [0.2, 0.25) is 0 Å². The lowest BCUT2D eigenvalue weighted by Gasteiger charge is -2.49. The van der Waals surface area contributed by atoms with Gasteiger partial charge in [-0.2, -0.15) is 0 Å². The van der Waals surface area contributed by atoms with Crippen LogP contribution in [0.2, 0.25) is 5.02 Å². The van der Waals surface area contributed by atoms with Crippen LogP contribution < -0.4 is 10.2 Å². The van der Waals surface area contributed by atoms with E-state index in [-0.39, 0.29) is 0 Å². The molecular formula is C43H29ClN2. The molecule has 0 fully saturated rings. The number of nitrogens with zero attached hydrogens (tertiary/aromatic N) is 1. The lowest BCUT2D eigenvalue weighted by molar-refractivity contribution is 0.727. The highest BCUT2D eigenvalue weighted by Gasteiger charge is 2.50. The topological polar surface area (TPSA) is 15.3 Å². The summed E-state index contributed by atoms with van der Waals surface area (Å²) in [5.41, 5.74) is 14.5. The number of halogens is 1. The van der Waals surface area contributed by atoms with E-state index in [1.165, 1.54) is 38.9 Å². The van der Waals surface area contributed by atoms with E-state index in [1.54, 1.807) is 0 Å². The molecule has 7 aromatic carbocycles. The van der Waals surface area contributed by atoms with Crippen molar-refractivity contribution in [3.8, 4) is 22.3 Å². The van der Waals surface area contributed by atoms with E-state index in [9.17, 15) is 0 Å². The molecule has 0 amide bonds. The van der Waals surface area contributed by atoms with Gasteiger partial charge in [0.05, 0.1) is 16.8 Å². The molecule has 9 rings (SSSR count). The lowest BCUT2D eigenvalue weighted by Crippen LogP contribution is -2.40. The van der Waals surface area contributed by atoms with Crippen LogP contribution in [-0.4, -0.2) is 0 Å². The summed E-state index contributed by atoms with van der Waals surface area (Å²) in [6, 6.07) is 60.9. The first kappa shape index (κ1) is 26.8. The summed E-state index contributed by atoms with van der Waals surface area (Å²) >= 11 is 6.84. The van der Waals surface area contributed by atoms with Crippen LogP contribution in [0.15, 0.2) is 170 Å². The molecule has 2 nitrogen and oxygen atoms in total. The van der Waals surface area contributed by atoms with E-state index in [0.29, 0.717) is 0 Å². The average Bonchev–Trinajstić information content (AvgIpc) is 3.12. The molecule has 218 valence electrons. The van der Waals surface area contributed by atoms with Gasteiger partial charge in [0.15, 0.2) is 0 Å². The average molecular weight is 609 g/mol. The Kier molecular flexibility index (Phi) is 6.12. The van der Waals surface area contributed by atoms with E-state index in [1.807, 2.05) is 6.07 Å². The summed E-state index contributed by atoms with van der Waals surface area (Å²) in [5, 5.41) is 4.46. The zero-order chi connectivity index (χ0) is 30.7. The quantitative estimate of drug-likeness (QED) is 0.215. The van der Waals surface area contributed by atoms with Crippen molar-refractivity contribution in [2.45, 2.75) is 5.41 Å². The Bertz CT molecular complexity index is 2240. The minimum atomic E-state index is -0.612. The molecule has 7 aromatic rings. The highest BCUT2D eigenvalue weighted by atomic mass is 35.5. The number of benzene rings is 7. The van der Waals surface area contributed by atoms with E-state index in [2.05, 4.69) is 174 Å². The number of hydrogen-bond acceptors (Lipinski definition) is 2. The summed E-state index contributed by atoms with van der Waals surface area (Å²) in [6.45, 7) is 0. The Labute approximate surface area is 274 Å². The van der Waals surface area contributed by atoms with Crippen molar-refractivity contribution in [3.05, 3.63) is 197 Å². The number of anilines is 5. The fourth-order valence-electron chi connectivity index (χ4n) is 7.54. The van der Waals surface area contributed by atoms with Crippen LogP contribution in [0.4, 0.5) is 28.4 Å². The van der Waals surface area contributed by atoms with Gasteiger partial charge in [-0.1, -0.05) is 127 Å². The molecule has 1 spiro atoms. The van der Waals surface area contributed by atoms with Gasteiger partial charge in [0, 0.05) is 22.1 Å².